The smallest absolute Gasteiger partial charge is 0.223 e. The molecule has 1 saturated heterocycles. The van der Waals surface area contributed by atoms with E-state index < -0.39 is 9.84 Å². The van der Waals surface area contributed by atoms with Crippen molar-refractivity contribution in [3.8, 4) is 5.75 Å². The van der Waals surface area contributed by atoms with Crippen LogP contribution in [-0.2, 0) is 25.9 Å². The topological polar surface area (TPSA) is 72.9 Å². The molecule has 1 aliphatic heterocycles. The third-order valence-corrected chi connectivity index (χ3v) is 7.05. The summed E-state index contributed by atoms with van der Waals surface area (Å²) in [4.78, 5) is 15.0. The first kappa shape index (κ1) is 22.3. The Balaban J connectivity index is 1.71. The van der Waals surface area contributed by atoms with Gasteiger partial charge in [-0.15, -0.1) is 0 Å². The van der Waals surface area contributed by atoms with Crippen molar-refractivity contribution < 1.29 is 22.7 Å². The molecule has 162 valence electrons. The van der Waals surface area contributed by atoms with E-state index in [2.05, 4.69) is 0 Å². The van der Waals surface area contributed by atoms with Gasteiger partial charge in [-0.05, 0) is 38.0 Å². The number of carbonyl (C=O) groups excluding carboxylic acids is 1. The van der Waals surface area contributed by atoms with Crippen molar-refractivity contribution in [1.29, 1.82) is 0 Å². The first-order chi connectivity index (χ1) is 14.4. The van der Waals surface area contributed by atoms with E-state index in [1.807, 2.05) is 31.2 Å². The largest absolute Gasteiger partial charge is 0.496 e. The molecule has 2 aromatic carbocycles. The Hall–Kier alpha value is -2.38. The maximum Gasteiger partial charge on any atom is 0.223 e. The molecule has 0 saturated carbocycles. The molecule has 0 N–H and O–H groups in total. The summed E-state index contributed by atoms with van der Waals surface area (Å²) in [6, 6.07) is 14.3. The summed E-state index contributed by atoms with van der Waals surface area (Å²) in [6.07, 6.45) is 1.79. The van der Waals surface area contributed by atoms with Crippen LogP contribution in [0.3, 0.4) is 0 Å². The minimum Gasteiger partial charge on any atom is -0.496 e. The van der Waals surface area contributed by atoms with Crippen LogP contribution in [0.1, 0.15) is 30.4 Å². The molecule has 0 radical (unpaired) electrons. The molecule has 7 heteroatoms. The lowest BCUT2D eigenvalue weighted by molar-refractivity contribution is -0.133. The highest BCUT2D eigenvalue weighted by molar-refractivity contribution is 7.91. The molecule has 0 aliphatic carbocycles. The lowest BCUT2D eigenvalue weighted by Crippen LogP contribution is -2.37. The zero-order valence-corrected chi connectivity index (χ0v) is 18.4. The van der Waals surface area contributed by atoms with Gasteiger partial charge in [-0.1, -0.05) is 35.9 Å². The van der Waals surface area contributed by atoms with Crippen molar-refractivity contribution in [1.82, 2.24) is 4.90 Å². The number of para-hydroxylation sites is 1. The summed E-state index contributed by atoms with van der Waals surface area (Å²) in [6.45, 7) is 3.40. The van der Waals surface area contributed by atoms with Crippen molar-refractivity contribution in [3.05, 3.63) is 59.7 Å². The van der Waals surface area contributed by atoms with Gasteiger partial charge in [0.05, 0.1) is 23.9 Å². The van der Waals surface area contributed by atoms with Crippen LogP contribution in [-0.4, -0.2) is 51.3 Å². The predicted molar refractivity (Wildman–Crippen MR) is 115 cm³/mol. The third-order valence-electron chi connectivity index (χ3n) is 5.32. The monoisotopic (exact) mass is 431 g/mol. The van der Waals surface area contributed by atoms with E-state index in [0.29, 0.717) is 25.4 Å². The molecule has 3 rings (SSSR count). The van der Waals surface area contributed by atoms with Gasteiger partial charge in [0.2, 0.25) is 5.91 Å². The van der Waals surface area contributed by atoms with E-state index in [9.17, 15) is 13.2 Å². The van der Waals surface area contributed by atoms with Crippen LogP contribution in [0.5, 0.6) is 5.75 Å². The van der Waals surface area contributed by atoms with Crippen molar-refractivity contribution in [2.24, 2.45) is 0 Å². The van der Waals surface area contributed by atoms with Crippen molar-refractivity contribution in [3.63, 3.8) is 0 Å². The number of aryl methyl sites for hydroxylation is 1. The van der Waals surface area contributed by atoms with Gasteiger partial charge in [-0.2, -0.15) is 0 Å². The third kappa shape index (κ3) is 5.83. The molecular weight excluding hydrogens is 402 g/mol. The Bertz CT molecular complexity index is 950. The molecule has 1 unspecified atom stereocenters. The Morgan fingerprint density at radius 1 is 1.17 bits per heavy atom. The van der Waals surface area contributed by atoms with E-state index in [1.54, 1.807) is 36.3 Å². The number of benzene rings is 2. The van der Waals surface area contributed by atoms with Gasteiger partial charge in [0.15, 0.2) is 9.84 Å². The highest BCUT2D eigenvalue weighted by Gasteiger charge is 2.25. The number of methoxy groups -OCH3 is 1. The summed E-state index contributed by atoms with van der Waals surface area (Å²) in [5, 5.41) is 0. The second-order valence-electron chi connectivity index (χ2n) is 7.60. The average Bonchev–Trinajstić information content (AvgIpc) is 3.25. The fourth-order valence-corrected chi connectivity index (χ4v) is 4.80. The fraction of sp³-hybridized carbons (Fsp3) is 0.435. The maximum atomic E-state index is 13.0. The van der Waals surface area contributed by atoms with Crippen LogP contribution in [0, 0.1) is 6.92 Å². The summed E-state index contributed by atoms with van der Waals surface area (Å²) >= 11 is 0. The summed E-state index contributed by atoms with van der Waals surface area (Å²) in [5.41, 5.74) is 1.87. The predicted octanol–water partition coefficient (Wildman–Crippen LogP) is 3.38. The van der Waals surface area contributed by atoms with Gasteiger partial charge >= 0.3 is 0 Å². The van der Waals surface area contributed by atoms with E-state index in [4.69, 9.17) is 9.47 Å². The SMILES string of the molecule is COc1ccccc1CN(CC1CCCO1)C(=O)CCS(=O)(=O)c1ccc(C)cc1. The normalized spacial score (nSPS) is 16.4. The summed E-state index contributed by atoms with van der Waals surface area (Å²) < 4.78 is 36.4. The molecule has 1 heterocycles. The van der Waals surface area contributed by atoms with E-state index in [1.165, 1.54) is 0 Å². The van der Waals surface area contributed by atoms with Crippen molar-refractivity contribution in [2.75, 3.05) is 26.0 Å². The molecule has 0 bridgehead atoms. The fourth-order valence-electron chi connectivity index (χ4n) is 3.57. The van der Waals surface area contributed by atoms with Crippen LogP contribution in [0.4, 0.5) is 0 Å². The number of rotatable bonds is 9. The van der Waals surface area contributed by atoms with E-state index >= 15 is 0 Å². The Kier molecular flexibility index (Phi) is 7.50. The van der Waals surface area contributed by atoms with Gasteiger partial charge in [-0.3, -0.25) is 4.79 Å². The number of amides is 1. The van der Waals surface area contributed by atoms with Gasteiger partial charge in [0.25, 0.3) is 0 Å². The summed E-state index contributed by atoms with van der Waals surface area (Å²) in [5.74, 6) is 0.282. The van der Waals surface area contributed by atoms with Crippen LogP contribution in [0.15, 0.2) is 53.4 Å². The molecule has 0 spiro atoms. The molecule has 1 atom stereocenters. The maximum absolute atomic E-state index is 13.0. The van der Waals surface area contributed by atoms with Crippen LogP contribution in [0.25, 0.3) is 0 Å². The minimum atomic E-state index is -3.52. The number of nitrogens with zero attached hydrogens (tertiary/aromatic N) is 1. The molecule has 1 fully saturated rings. The molecule has 30 heavy (non-hydrogen) atoms. The van der Waals surface area contributed by atoms with Crippen LogP contribution >= 0.6 is 0 Å². The number of hydrogen-bond donors (Lipinski definition) is 0. The summed E-state index contributed by atoms with van der Waals surface area (Å²) in [7, 11) is -1.93. The molecule has 0 aromatic heterocycles. The molecule has 2 aromatic rings. The van der Waals surface area contributed by atoms with Crippen LogP contribution < -0.4 is 4.74 Å². The van der Waals surface area contributed by atoms with E-state index in [-0.39, 0.29) is 29.1 Å². The number of hydrogen-bond acceptors (Lipinski definition) is 5. The van der Waals surface area contributed by atoms with Gasteiger partial charge in [0, 0.05) is 31.7 Å². The Morgan fingerprint density at radius 2 is 1.90 bits per heavy atom. The lowest BCUT2D eigenvalue weighted by atomic mass is 10.1. The van der Waals surface area contributed by atoms with Gasteiger partial charge < -0.3 is 14.4 Å². The average molecular weight is 432 g/mol. The van der Waals surface area contributed by atoms with Crippen molar-refractivity contribution in [2.45, 2.75) is 43.7 Å². The zero-order valence-electron chi connectivity index (χ0n) is 17.5. The Labute approximate surface area is 178 Å². The second-order valence-corrected chi connectivity index (χ2v) is 9.71. The standard InChI is InChI=1S/C23H29NO5S/c1-18-9-11-21(12-10-18)30(26,27)15-13-23(25)24(17-20-7-5-14-29-20)16-19-6-3-4-8-22(19)28-2/h3-4,6,8-12,20H,5,7,13-17H2,1-2H3. The minimum absolute atomic E-state index is 0.0163. The number of sulfone groups is 1. The highest BCUT2D eigenvalue weighted by atomic mass is 32.2. The molecule has 1 aliphatic rings. The second kappa shape index (κ2) is 10.1. The highest BCUT2D eigenvalue weighted by Crippen LogP contribution is 2.22. The van der Waals surface area contributed by atoms with Crippen molar-refractivity contribution >= 4 is 15.7 Å². The zero-order chi connectivity index (χ0) is 21.6. The lowest BCUT2D eigenvalue weighted by Gasteiger charge is -2.26. The number of ether oxygens (including phenoxy) is 2. The quantitative estimate of drug-likeness (QED) is 0.609. The Morgan fingerprint density at radius 3 is 2.57 bits per heavy atom. The molecular formula is C23H29NO5S. The van der Waals surface area contributed by atoms with Gasteiger partial charge in [-0.25, -0.2) is 8.42 Å². The van der Waals surface area contributed by atoms with E-state index in [0.717, 1.165) is 24.0 Å². The first-order valence-corrected chi connectivity index (χ1v) is 11.8. The number of carbonyl (C=O) groups is 1. The molecule has 1 amide bonds. The van der Waals surface area contributed by atoms with Crippen LogP contribution in [0.2, 0.25) is 0 Å². The first-order valence-electron chi connectivity index (χ1n) is 10.2. The molecule has 6 nitrogen and oxygen atoms in total. The van der Waals surface area contributed by atoms with Gasteiger partial charge in [0.1, 0.15) is 5.75 Å².